The van der Waals surface area contributed by atoms with Gasteiger partial charge < -0.3 is 5.32 Å². The van der Waals surface area contributed by atoms with Gasteiger partial charge in [-0.15, -0.1) is 0 Å². The van der Waals surface area contributed by atoms with Crippen LogP contribution in [0, 0.1) is 0 Å². The Morgan fingerprint density at radius 3 is 2.71 bits per heavy atom. The topological polar surface area (TPSA) is 64.0 Å². The third-order valence-electron chi connectivity index (χ3n) is 3.52. The lowest BCUT2D eigenvalue weighted by Crippen LogP contribution is -2.16. The first-order valence-corrected chi connectivity index (χ1v) is 10.2. The number of carbonyl (C=O) groups excluding carboxylic acids is 1. The summed E-state index contributed by atoms with van der Waals surface area (Å²) in [6.45, 7) is 2.92. The maximum Gasteiger partial charge on any atom is 0.225 e. The molecule has 5 nitrogen and oxygen atoms in total. The lowest BCUT2D eigenvalue weighted by atomic mass is 10.3. The molecule has 130 valence electrons. The molecule has 0 saturated heterocycles. The summed E-state index contributed by atoms with van der Waals surface area (Å²) in [6.07, 6.45) is 4.72. The molecule has 0 aliphatic rings. The zero-order valence-electron chi connectivity index (χ0n) is 13.7. The lowest BCUT2D eigenvalue weighted by molar-refractivity contribution is -0.116. The van der Waals surface area contributed by atoms with E-state index in [4.69, 9.17) is 0 Å². The first kappa shape index (κ1) is 18.9. The normalized spacial score (nSPS) is 12.1. The molecule has 0 aliphatic carbocycles. The number of hydrogen-bond acceptors (Lipinski definition) is 3. The Morgan fingerprint density at radius 2 is 2.00 bits per heavy atom. The number of amides is 1. The molecule has 1 unspecified atom stereocenters. The molecule has 0 bridgehead atoms. The predicted octanol–water partition coefficient (Wildman–Crippen LogP) is 3.97. The van der Waals surface area contributed by atoms with E-state index in [-0.39, 0.29) is 5.91 Å². The summed E-state index contributed by atoms with van der Waals surface area (Å²) >= 11 is 3.36. The summed E-state index contributed by atoms with van der Waals surface area (Å²) in [6, 6.07) is 9.22. The monoisotopic (exact) mass is 411 g/mol. The number of rotatable bonds is 9. The summed E-state index contributed by atoms with van der Waals surface area (Å²) < 4.78 is 14.9. The van der Waals surface area contributed by atoms with Crippen LogP contribution >= 0.6 is 15.9 Å². The number of halogens is 1. The van der Waals surface area contributed by atoms with Crippen LogP contribution in [0.3, 0.4) is 0 Å². The van der Waals surface area contributed by atoms with Gasteiger partial charge in [0.05, 0.1) is 17.0 Å². The molecule has 2 aromatic rings. The van der Waals surface area contributed by atoms with Crippen molar-refractivity contribution in [2.24, 2.45) is 0 Å². The Labute approximate surface area is 153 Å². The third kappa shape index (κ3) is 5.87. The Morgan fingerprint density at radius 1 is 1.25 bits per heavy atom. The van der Waals surface area contributed by atoms with Crippen LogP contribution in [0.5, 0.6) is 0 Å². The van der Waals surface area contributed by atoms with E-state index in [9.17, 15) is 9.00 Å². The van der Waals surface area contributed by atoms with Crippen molar-refractivity contribution in [2.75, 3.05) is 11.1 Å². The fourth-order valence-corrected chi connectivity index (χ4v) is 3.54. The van der Waals surface area contributed by atoms with E-state index in [2.05, 4.69) is 33.3 Å². The van der Waals surface area contributed by atoms with E-state index in [1.807, 2.05) is 24.3 Å². The van der Waals surface area contributed by atoms with Gasteiger partial charge in [-0.25, -0.2) is 4.68 Å². The van der Waals surface area contributed by atoms with Crippen molar-refractivity contribution in [1.82, 2.24) is 9.78 Å². The summed E-state index contributed by atoms with van der Waals surface area (Å²) in [5.74, 6) is 1.13. The van der Waals surface area contributed by atoms with Crippen LogP contribution in [0.25, 0.3) is 0 Å². The first-order chi connectivity index (χ1) is 11.6. The SMILES string of the molecule is CCCCn1nccc1NC(=O)CCCS(=O)c1ccc(Br)cc1. The molecule has 0 aliphatic heterocycles. The summed E-state index contributed by atoms with van der Waals surface area (Å²) in [7, 11) is -1.07. The van der Waals surface area contributed by atoms with Crippen molar-refractivity contribution in [3.05, 3.63) is 41.0 Å². The minimum Gasteiger partial charge on any atom is -0.311 e. The van der Waals surface area contributed by atoms with E-state index in [0.717, 1.165) is 34.6 Å². The quantitative estimate of drug-likeness (QED) is 0.678. The molecule has 1 N–H and O–H groups in total. The Kier molecular flexibility index (Phi) is 7.65. The molecule has 24 heavy (non-hydrogen) atoms. The molecular formula is C17H22BrN3O2S. The second kappa shape index (κ2) is 9.74. The standard InChI is InChI=1S/C17H22BrN3O2S/c1-2-3-12-21-16(10-11-19-21)20-17(22)5-4-13-24(23)15-8-6-14(18)7-9-15/h6-11H,2-5,12-13H2,1H3,(H,20,22). The second-order valence-electron chi connectivity index (χ2n) is 5.45. The summed E-state index contributed by atoms with van der Waals surface area (Å²) in [5, 5.41) is 7.09. The average molecular weight is 412 g/mol. The molecule has 0 saturated carbocycles. The highest BCUT2D eigenvalue weighted by Crippen LogP contribution is 2.14. The fraction of sp³-hybridized carbons (Fsp3) is 0.412. The van der Waals surface area contributed by atoms with E-state index >= 15 is 0 Å². The van der Waals surface area contributed by atoms with Gasteiger partial charge in [0.25, 0.3) is 0 Å². The van der Waals surface area contributed by atoms with Crippen molar-refractivity contribution in [2.45, 2.75) is 44.0 Å². The van der Waals surface area contributed by atoms with Crippen LogP contribution in [0.2, 0.25) is 0 Å². The van der Waals surface area contributed by atoms with E-state index in [1.165, 1.54) is 0 Å². The van der Waals surface area contributed by atoms with Crippen molar-refractivity contribution in [3.8, 4) is 0 Å². The summed E-state index contributed by atoms with van der Waals surface area (Å²) in [4.78, 5) is 12.8. The smallest absolute Gasteiger partial charge is 0.225 e. The number of hydrogen-bond donors (Lipinski definition) is 1. The predicted molar refractivity (Wildman–Crippen MR) is 100 cm³/mol. The highest BCUT2D eigenvalue weighted by atomic mass is 79.9. The highest BCUT2D eigenvalue weighted by Gasteiger charge is 2.09. The van der Waals surface area contributed by atoms with Crippen LogP contribution < -0.4 is 5.32 Å². The van der Waals surface area contributed by atoms with Gasteiger partial charge in [-0.3, -0.25) is 9.00 Å². The molecule has 0 spiro atoms. The molecule has 0 fully saturated rings. The number of unbranched alkanes of at least 4 members (excludes halogenated alkanes) is 1. The Hall–Kier alpha value is -1.47. The van der Waals surface area contributed by atoms with E-state index in [0.29, 0.717) is 18.6 Å². The average Bonchev–Trinajstić information content (AvgIpc) is 3.00. The van der Waals surface area contributed by atoms with E-state index < -0.39 is 10.8 Å². The second-order valence-corrected chi connectivity index (χ2v) is 7.93. The number of aromatic nitrogens is 2. The Balaban J connectivity index is 1.76. The van der Waals surface area contributed by atoms with Gasteiger partial charge in [-0.2, -0.15) is 5.10 Å². The van der Waals surface area contributed by atoms with Gasteiger partial charge in [0.2, 0.25) is 5.91 Å². The molecule has 2 rings (SSSR count). The van der Waals surface area contributed by atoms with E-state index in [1.54, 1.807) is 16.9 Å². The molecule has 1 aromatic carbocycles. The number of aryl methyl sites for hydroxylation is 1. The highest BCUT2D eigenvalue weighted by molar-refractivity contribution is 9.10. The van der Waals surface area contributed by atoms with Crippen LogP contribution in [0.15, 0.2) is 45.9 Å². The number of nitrogens with zero attached hydrogens (tertiary/aromatic N) is 2. The zero-order chi connectivity index (χ0) is 17.4. The van der Waals surface area contributed by atoms with Crippen molar-refractivity contribution in [1.29, 1.82) is 0 Å². The van der Waals surface area contributed by atoms with Crippen LogP contribution in [-0.4, -0.2) is 25.6 Å². The lowest BCUT2D eigenvalue weighted by Gasteiger charge is -2.08. The minimum atomic E-state index is -1.07. The van der Waals surface area contributed by atoms with Crippen LogP contribution in [0.4, 0.5) is 5.82 Å². The molecule has 1 heterocycles. The van der Waals surface area contributed by atoms with Gasteiger partial charge >= 0.3 is 0 Å². The molecule has 1 aromatic heterocycles. The molecule has 1 amide bonds. The molecule has 1 atom stereocenters. The summed E-state index contributed by atoms with van der Waals surface area (Å²) in [5.41, 5.74) is 0. The Bertz CT molecular complexity index is 685. The first-order valence-electron chi connectivity index (χ1n) is 8.05. The molecule has 7 heteroatoms. The number of anilines is 1. The van der Waals surface area contributed by atoms with Gasteiger partial charge in [0.15, 0.2) is 0 Å². The van der Waals surface area contributed by atoms with Crippen molar-refractivity contribution < 1.29 is 9.00 Å². The third-order valence-corrected chi connectivity index (χ3v) is 5.50. The van der Waals surface area contributed by atoms with Crippen molar-refractivity contribution >= 4 is 38.5 Å². The number of nitrogens with one attached hydrogen (secondary N) is 1. The molecular weight excluding hydrogens is 390 g/mol. The molecule has 0 radical (unpaired) electrons. The zero-order valence-corrected chi connectivity index (χ0v) is 16.1. The van der Waals surface area contributed by atoms with Crippen molar-refractivity contribution in [3.63, 3.8) is 0 Å². The van der Waals surface area contributed by atoms with Gasteiger partial charge in [-0.1, -0.05) is 29.3 Å². The van der Waals surface area contributed by atoms with Gasteiger partial charge in [-0.05, 0) is 37.1 Å². The number of carbonyl (C=O) groups is 1. The van der Waals surface area contributed by atoms with Crippen LogP contribution in [0.1, 0.15) is 32.6 Å². The number of benzene rings is 1. The van der Waals surface area contributed by atoms with Gasteiger partial charge in [0.1, 0.15) is 5.82 Å². The largest absolute Gasteiger partial charge is 0.311 e. The van der Waals surface area contributed by atoms with Gasteiger partial charge in [0, 0.05) is 34.2 Å². The fourth-order valence-electron chi connectivity index (χ4n) is 2.20. The van der Waals surface area contributed by atoms with Crippen LogP contribution in [-0.2, 0) is 22.1 Å². The minimum absolute atomic E-state index is 0.0685. The maximum atomic E-state index is 12.2. The maximum absolute atomic E-state index is 12.2.